The minimum atomic E-state index is -0.319. The minimum Gasteiger partial charge on any atom is -0.373 e. The molecule has 0 bridgehead atoms. The number of benzene rings is 1. The van der Waals surface area contributed by atoms with E-state index < -0.39 is 0 Å². The first-order valence-corrected chi connectivity index (χ1v) is 5.54. The lowest BCUT2D eigenvalue weighted by atomic mass is 10.0. The van der Waals surface area contributed by atoms with Gasteiger partial charge in [0.2, 0.25) is 0 Å². The third-order valence-corrected chi connectivity index (χ3v) is 2.83. The first-order valence-electron chi connectivity index (χ1n) is 4.74. The summed E-state index contributed by atoms with van der Waals surface area (Å²) in [5, 5.41) is 0. The summed E-state index contributed by atoms with van der Waals surface area (Å²) in [7, 11) is 0. The van der Waals surface area contributed by atoms with Gasteiger partial charge in [0.15, 0.2) is 0 Å². The Balaban J connectivity index is 2.24. The van der Waals surface area contributed by atoms with Gasteiger partial charge in [0.05, 0.1) is 12.7 Å². The molecular formula is C11H10BrFO2. The Bertz CT molecular complexity index is 372. The van der Waals surface area contributed by atoms with E-state index in [1.165, 1.54) is 12.1 Å². The summed E-state index contributed by atoms with van der Waals surface area (Å²) in [6, 6.07) is 4.58. The van der Waals surface area contributed by atoms with Crippen LogP contribution in [0.5, 0.6) is 0 Å². The van der Waals surface area contributed by atoms with Crippen LogP contribution >= 0.6 is 15.9 Å². The van der Waals surface area contributed by atoms with E-state index in [4.69, 9.17) is 4.74 Å². The number of rotatable bonds is 1. The second kappa shape index (κ2) is 4.41. The van der Waals surface area contributed by atoms with Crippen LogP contribution in [0.1, 0.15) is 24.5 Å². The highest BCUT2D eigenvalue weighted by molar-refractivity contribution is 9.10. The average molecular weight is 273 g/mol. The number of hydrogen-bond acceptors (Lipinski definition) is 2. The van der Waals surface area contributed by atoms with Gasteiger partial charge in [-0.2, -0.15) is 0 Å². The first kappa shape index (κ1) is 10.8. The van der Waals surface area contributed by atoms with E-state index in [0.29, 0.717) is 23.9 Å². The van der Waals surface area contributed by atoms with Crippen LogP contribution in [0.25, 0.3) is 0 Å². The summed E-state index contributed by atoms with van der Waals surface area (Å²) >= 11 is 3.21. The van der Waals surface area contributed by atoms with Crippen LogP contribution in [0.15, 0.2) is 22.7 Å². The van der Waals surface area contributed by atoms with Crippen molar-refractivity contribution in [2.75, 3.05) is 6.61 Å². The Kier molecular flexibility index (Phi) is 3.17. The van der Waals surface area contributed by atoms with E-state index in [-0.39, 0.29) is 17.7 Å². The van der Waals surface area contributed by atoms with Crippen LogP contribution in [-0.2, 0) is 9.53 Å². The van der Waals surface area contributed by atoms with Gasteiger partial charge in [-0.25, -0.2) is 4.39 Å². The fourth-order valence-corrected chi connectivity index (χ4v) is 2.14. The van der Waals surface area contributed by atoms with Crippen molar-refractivity contribution >= 4 is 21.7 Å². The van der Waals surface area contributed by atoms with E-state index >= 15 is 0 Å². The summed E-state index contributed by atoms with van der Waals surface area (Å²) in [4.78, 5) is 11.2. The Morgan fingerprint density at radius 2 is 2.20 bits per heavy atom. The maximum Gasteiger partial charge on any atom is 0.138 e. The molecule has 1 fully saturated rings. The monoisotopic (exact) mass is 272 g/mol. The smallest absolute Gasteiger partial charge is 0.138 e. The molecule has 1 aliphatic heterocycles. The van der Waals surface area contributed by atoms with Crippen molar-refractivity contribution in [1.82, 2.24) is 0 Å². The molecule has 1 saturated heterocycles. The molecule has 0 radical (unpaired) electrons. The average Bonchev–Trinajstić information content (AvgIpc) is 2.16. The Labute approximate surface area is 95.6 Å². The van der Waals surface area contributed by atoms with E-state index in [0.717, 1.165) is 5.56 Å². The first-order chi connectivity index (χ1) is 7.15. The van der Waals surface area contributed by atoms with Crippen molar-refractivity contribution in [2.45, 2.75) is 18.9 Å². The van der Waals surface area contributed by atoms with E-state index in [1.807, 2.05) is 0 Å². The maximum atomic E-state index is 13.1. The van der Waals surface area contributed by atoms with Gasteiger partial charge in [0, 0.05) is 17.3 Å². The quantitative estimate of drug-likeness (QED) is 0.786. The highest BCUT2D eigenvalue weighted by atomic mass is 79.9. The van der Waals surface area contributed by atoms with E-state index in [9.17, 15) is 9.18 Å². The third-order valence-electron chi connectivity index (χ3n) is 2.37. The zero-order valence-electron chi connectivity index (χ0n) is 8.00. The topological polar surface area (TPSA) is 26.3 Å². The fourth-order valence-electron chi connectivity index (χ4n) is 1.66. The van der Waals surface area contributed by atoms with Crippen LogP contribution in [0.3, 0.4) is 0 Å². The zero-order valence-corrected chi connectivity index (χ0v) is 9.59. The molecule has 4 heteroatoms. The molecule has 80 valence electrons. The molecule has 0 N–H and O–H groups in total. The standard InChI is InChI=1S/C11H10BrFO2/c12-8-3-7(4-9(13)5-8)11-6-10(14)1-2-15-11/h3-5,11H,1-2,6H2. The normalized spacial score (nSPS) is 21.7. The molecule has 1 unspecified atom stereocenters. The maximum absolute atomic E-state index is 13.1. The summed E-state index contributed by atoms with van der Waals surface area (Å²) in [5.41, 5.74) is 0.718. The molecule has 2 rings (SSSR count). The number of ether oxygens (including phenoxy) is 1. The van der Waals surface area contributed by atoms with Gasteiger partial charge >= 0.3 is 0 Å². The van der Waals surface area contributed by atoms with Gasteiger partial charge in [0.25, 0.3) is 0 Å². The Morgan fingerprint density at radius 1 is 1.40 bits per heavy atom. The molecule has 2 nitrogen and oxygen atoms in total. The second-order valence-corrected chi connectivity index (χ2v) is 4.47. The molecule has 0 aromatic heterocycles. The van der Waals surface area contributed by atoms with Crippen LogP contribution in [-0.4, -0.2) is 12.4 Å². The lowest BCUT2D eigenvalue weighted by Gasteiger charge is -2.22. The van der Waals surface area contributed by atoms with Crippen LogP contribution < -0.4 is 0 Å². The molecule has 0 spiro atoms. The molecule has 1 atom stereocenters. The molecule has 0 amide bonds. The summed E-state index contributed by atoms with van der Waals surface area (Å²) in [6.07, 6.45) is 0.515. The highest BCUT2D eigenvalue weighted by Gasteiger charge is 2.22. The SMILES string of the molecule is O=C1CCOC(c2cc(F)cc(Br)c2)C1. The van der Waals surface area contributed by atoms with Crippen LogP contribution in [0.4, 0.5) is 4.39 Å². The van der Waals surface area contributed by atoms with Gasteiger partial charge in [-0.05, 0) is 23.8 Å². The van der Waals surface area contributed by atoms with Gasteiger partial charge < -0.3 is 4.74 Å². The minimum absolute atomic E-state index is 0.173. The van der Waals surface area contributed by atoms with Crippen LogP contribution in [0, 0.1) is 5.82 Å². The zero-order chi connectivity index (χ0) is 10.8. The predicted octanol–water partition coefficient (Wildman–Crippen LogP) is 3.01. The molecule has 1 aliphatic rings. The van der Waals surface area contributed by atoms with Crippen molar-refractivity contribution in [3.8, 4) is 0 Å². The lowest BCUT2D eigenvalue weighted by Crippen LogP contribution is -2.19. The predicted molar refractivity (Wildman–Crippen MR) is 57.0 cm³/mol. The Hall–Kier alpha value is -0.740. The Morgan fingerprint density at radius 3 is 2.87 bits per heavy atom. The summed E-state index contributed by atoms with van der Waals surface area (Å²) < 4.78 is 19.2. The number of carbonyl (C=O) groups excluding carboxylic acids is 1. The number of carbonyl (C=O) groups is 1. The number of halogens is 2. The largest absolute Gasteiger partial charge is 0.373 e. The van der Waals surface area contributed by atoms with Crippen molar-refractivity contribution in [2.24, 2.45) is 0 Å². The third kappa shape index (κ3) is 2.63. The lowest BCUT2D eigenvalue weighted by molar-refractivity contribution is -0.128. The molecule has 0 saturated carbocycles. The number of hydrogen-bond donors (Lipinski definition) is 0. The molecule has 1 heterocycles. The van der Waals surface area contributed by atoms with Gasteiger partial charge in [0.1, 0.15) is 11.6 Å². The summed E-state index contributed by atoms with van der Waals surface area (Å²) in [5.74, 6) is -0.146. The molecular weight excluding hydrogens is 263 g/mol. The summed E-state index contributed by atoms with van der Waals surface area (Å²) in [6.45, 7) is 0.428. The molecule has 15 heavy (non-hydrogen) atoms. The highest BCUT2D eigenvalue weighted by Crippen LogP contribution is 2.28. The van der Waals surface area contributed by atoms with E-state index in [1.54, 1.807) is 6.07 Å². The van der Waals surface area contributed by atoms with Crippen molar-refractivity contribution in [3.63, 3.8) is 0 Å². The number of ketones is 1. The fraction of sp³-hybridized carbons (Fsp3) is 0.364. The van der Waals surface area contributed by atoms with Gasteiger partial charge in [-0.1, -0.05) is 15.9 Å². The van der Waals surface area contributed by atoms with Crippen molar-refractivity contribution in [1.29, 1.82) is 0 Å². The van der Waals surface area contributed by atoms with Gasteiger partial charge in [-0.3, -0.25) is 4.79 Å². The second-order valence-electron chi connectivity index (χ2n) is 3.56. The molecule has 1 aromatic rings. The van der Waals surface area contributed by atoms with Crippen molar-refractivity contribution in [3.05, 3.63) is 34.1 Å². The molecule has 1 aromatic carbocycles. The van der Waals surface area contributed by atoms with E-state index in [2.05, 4.69) is 15.9 Å². The number of Topliss-reactive ketones (excluding diaryl/α,β-unsaturated/α-hetero) is 1. The van der Waals surface area contributed by atoms with Crippen LogP contribution in [0.2, 0.25) is 0 Å². The van der Waals surface area contributed by atoms with Crippen molar-refractivity contribution < 1.29 is 13.9 Å². The molecule has 0 aliphatic carbocycles. The van der Waals surface area contributed by atoms with Gasteiger partial charge in [-0.15, -0.1) is 0 Å².